The van der Waals surface area contributed by atoms with E-state index in [0.29, 0.717) is 25.2 Å². The quantitative estimate of drug-likeness (QED) is 0.751. The summed E-state index contributed by atoms with van der Waals surface area (Å²) in [5.74, 6) is 0.141. The van der Waals surface area contributed by atoms with Crippen molar-refractivity contribution in [3.8, 4) is 0 Å². The zero-order valence-electron chi connectivity index (χ0n) is 11.2. The number of carbonyl (C=O) groups excluding carboxylic acids is 1. The molecule has 2 fully saturated rings. The van der Waals surface area contributed by atoms with E-state index in [-0.39, 0.29) is 12.5 Å². The highest BCUT2D eigenvalue weighted by Crippen LogP contribution is 2.24. The van der Waals surface area contributed by atoms with Crippen LogP contribution in [0.5, 0.6) is 0 Å². The molecule has 2 rings (SSSR count). The number of hydrogen-bond acceptors (Lipinski definition) is 3. The number of nitrogens with one attached hydrogen (secondary N) is 1. The second kappa shape index (κ2) is 7.10. The molecular formula is C14H26N2O2. The average Bonchev–Trinajstić information content (AvgIpc) is 2.28. The van der Waals surface area contributed by atoms with Crippen LogP contribution in [0.3, 0.4) is 0 Å². The third-order valence-electron chi connectivity index (χ3n) is 4.30. The second-order valence-corrected chi connectivity index (χ2v) is 5.68. The Balaban J connectivity index is 1.73. The zero-order chi connectivity index (χ0) is 12.8. The monoisotopic (exact) mass is 254 g/mol. The third-order valence-corrected chi connectivity index (χ3v) is 4.30. The summed E-state index contributed by atoms with van der Waals surface area (Å²) in [7, 11) is 0. The number of rotatable bonds is 6. The maximum absolute atomic E-state index is 12.0. The van der Waals surface area contributed by atoms with Crippen LogP contribution in [0.25, 0.3) is 0 Å². The normalized spacial score (nSPS) is 21.9. The summed E-state index contributed by atoms with van der Waals surface area (Å²) in [4.78, 5) is 14.1. The fraction of sp³-hybridized carbons (Fsp3) is 0.929. The second-order valence-electron chi connectivity index (χ2n) is 5.68. The standard InChI is InChI=1S/C14H26N2O2/c17-10-9-16(13-7-4-8-13)11-14(18)15-12-5-2-1-3-6-12/h12-13,17H,1-11H2,(H,15,18). The van der Waals surface area contributed by atoms with Crippen molar-refractivity contribution in [2.75, 3.05) is 19.7 Å². The van der Waals surface area contributed by atoms with Gasteiger partial charge in [0.2, 0.25) is 5.91 Å². The van der Waals surface area contributed by atoms with Crippen LogP contribution < -0.4 is 5.32 Å². The summed E-state index contributed by atoms with van der Waals surface area (Å²) in [5.41, 5.74) is 0. The summed E-state index contributed by atoms with van der Waals surface area (Å²) in [6.07, 6.45) is 9.68. The molecule has 2 saturated carbocycles. The maximum atomic E-state index is 12.0. The molecule has 0 aromatic rings. The molecule has 0 heterocycles. The summed E-state index contributed by atoms with van der Waals surface area (Å²) in [5, 5.41) is 12.2. The van der Waals surface area contributed by atoms with Gasteiger partial charge in [-0.2, -0.15) is 0 Å². The van der Waals surface area contributed by atoms with Crippen LogP contribution >= 0.6 is 0 Å². The number of aliphatic hydroxyl groups is 1. The van der Waals surface area contributed by atoms with Crippen LogP contribution in [-0.2, 0) is 4.79 Å². The third kappa shape index (κ3) is 3.95. The molecule has 0 spiro atoms. The molecule has 2 N–H and O–H groups in total. The fourth-order valence-electron chi connectivity index (χ4n) is 2.98. The van der Waals surface area contributed by atoms with Gasteiger partial charge in [0.15, 0.2) is 0 Å². The lowest BCUT2D eigenvalue weighted by Crippen LogP contribution is -2.49. The molecule has 4 heteroatoms. The van der Waals surface area contributed by atoms with Gasteiger partial charge in [-0.1, -0.05) is 25.7 Å². The van der Waals surface area contributed by atoms with E-state index in [1.165, 1.54) is 38.5 Å². The van der Waals surface area contributed by atoms with Gasteiger partial charge in [-0.05, 0) is 25.7 Å². The lowest BCUT2D eigenvalue weighted by Gasteiger charge is -2.37. The van der Waals surface area contributed by atoms with E-state index in [1.807, 2.05) is 0 Å². The van der Waals surface area contributed by atoms with Crippen molar-refractivity contribution < 1.29 is 9.90 Å². The van der Waals surface area contributed by atoms with Gasteiger partial charge in [0.1, 0.15) is 0 Å². The number of hydrogen-bond donors (Lipinski definition) is 2. The molecule has 4 nitrogen and oxygen atoms in total. The van der Waals surface area contributed by atoms with Crippen molar-refractivity contribution in [2.45, 2.75) is 63.5 Å². The first-order valence-corrected chi connectivity index (χ1v) is 7.44. The molecular weight excluding hydrogens is 228 g/mol. The van der Waals surface area contributed by atoms with Gasteiger partial charge in [0, 0.05) is 18.6 Å². The first-order valence-electron chi connectivity index (χ1n) is 7.44. The Kier molecular flexibility index (Phi) is 5.45. The minimum Gasteiger partial charge on any atom is -0.395 e. The molecule has 0 aromatic carbocycles. The number of amides is 1. The van der Waals surface area contributed by atoms with E-state index in [0.717, 1.165) is 12.8 Å². The van der Waals surface area contributed by atoms with E-state index >= 15 is 0 Å². The van der Waals surface area contributed by atoms with Gasteiger partial charge in [-0.15, -0.1) is 0 Å². The average molecular weight is 254 g/mol. The first-order chi connectivity index (χ1) is 8.79. The Labute approximate surface area is 110 Å². The van der Waals surface area contributed by atoms with Crippen molar-refractivity contribution in [1.29, 1.82) is 0 Å². The highest BCUT2D eigenvalue weighted by Gasteiger charge is 2.26. The molecule has 0 atom stereocenters. The molecule has 2 aliphatic carbocycles. The Hall–Kier alpha value is -0.610. The van der Waals surface area contributed by atoms with Crippen molar-refractivity contribution in [3.05, 3.63) is 0 Å². The van der Waals surface area contributed by atoms with E-state index in [9.17, 15) is 4.79 Å². The highest BCUT2D eigenvalue weighted by molar-refractivity contribution is 5.78. The summed E-state index contributed by atoms with van der Waals surface area (Å²) < 4.78 is 0. The molecule has 104 valence electrons. The summed E-state index contributed by atoms with van der Waals surface area (Å²) in [6.45, 7) is 1.23. The fourth-order valence-corrected chi connectivity index (χ4v) is 2.98. The smallest absolute Gasteiger partial charge is 0.234 e. The van der Waals surface area contributed by atoms with Crippen LogP contribution in [-0.4, -0.2) is 47.7 Å². The Bertz CT molecular complexity index is 261. The van der Waals surface area contributed by atoms with E-state index < -0.39 is 0 Å². The number of carbonyl (C=O) groups is 1. The van der Waals surface area contributed by atoms with E-state index in [1.54, 1.807) is 0 Å². The van der Waals surface area contributed by atoms with Crippen LogP contribution in [0.1, 0.15) is 51.4 Å². The molecule has 0 radical (unpaired) electrons. The highest BCUT2D eigenvalue weighted by atomic mass is 16.3. The van der Waals surface area contributed by atoms with Gasteiger partial charge in [0.25, 0.3) is 0 Å². The van der Waals surface area contributed by atoms with Gasteiger partial charge >= 0.3 is 0 Å². The largest absolute Gasteiger partial charge is 0.395 e. The van der Waals surface area contributed by atoms with E-state index in [4.69, 9.17) is 5.11 Å². The molecule has 0 aromatic heterocycles. The van der Waals surface area contributed by atoms with Crippen LogP contribution in [0.15, 0.2) is 0 Å². The summed E-state index contributed by atoms with van der Waals surface area (Å²) in [6, 6.07) is 0.915. The van der Waals surface area contributed by atoms with Gasteiger partial charge in [-0.3, -0.25) is 9.69 Å². The van der Waals surface area contributed by atoms with Crippen LogP contribution in [0.4, 0.5) is 0 Å². The SMILES string of the molecule is O=C(CN(CCO)C1CCC1)NC1CCCCC1. The molecule has 0 saturated heterocycles. The Morgan fingerprint density at radius 1 is 1.11 bits per heavy atom. The maximum Gasteiger partial charge on any atom is 0.234 e. The minimum atomic E-state index is 0.141. The van der Waals surface area contributed by atoms with Crippen molar-refractivity contribution in [2.24, 2.45) is 0 Å². The topological polar surface area (TPSA) is 52.6 Å². The van der Waals surface area contributed by atoms with Crippen LogP contribution in [0, 0.1) is 0 Å². The number of aliphatic hydroxyl groups excluding tert-OH is 1. The van der Waals surface area contributed by atoms with Crippen molar-refractivity contribution >= 4 is 5.91 Å². The number of nitrogens with zero attached hydrogens (tertiary/aromatic N) is 1. The molecule has 0 bridgehead atoms. The predicted molar refractivity (Wildman–Crippen MR) is 71.3 cm³/mol. The Morgan fingerprint density at radius 2 is 1.83 bits per heavy atom. The molecule has 18 heavy (non-hydrogen) atoms. The van der Waals surface area contributed by atoms with Gasteiger partial charge in [0.05, 0.1) is 13.2 Å². The van der Waals surface area contributed by atoms with Crippen molar-refractivity contribution in [1.82, 2.24) is 10.2 Å². The lowest BCUT2D eigenvalue weighted by atomic mass is 9.91. The minimum absolute atomic E-state index is 0.141. The molecule has 0 unspecified atom stereocenters. The first kappa shape index (κ1) is 13.8. The molecule has 2 aliphatic rings. The van der Waals surface area contributed by atoms with Crippen molar-refractivity contribution in [3.63, 3.8) is 0 Å². The molecule has 0 aliphatic heterocycles. The van der Waals surface area contributed by atoms with E-state index in [2.05, 4.69) is 10.2 Å². The summed E-state index contributed by atoms with van der Waals surface area (Å²) >= 11 is 0. The lowest BCUT2D eigenvalue weighted by molar-refractivity contribution is -0.124. The Morgan fingerprint density at radius 3 is 2.39 bits per heavy atom. The van der Waals surface area contributed by atoms with Crippen LogP contribution in [0.2, 0.25) is 0 Å². The van der Waals surface area contributed by atoms with Gasteiger partial charge in [-0.25, -0.2) is 0 Å². The predicted octanol–water partition coefficient (Wildman–Crippen LogP) is 1.28. The zero-order valence-corrected chi connectivity index (χ0v) is 11.2. The molecule has 1 amide bonds. The van der Waals surface area contributed by atoms with Gasteiger partial charge < -0.3 is 10.4 Å².